The standard InChI is InChI=1S/C27H31N3O6.C2HF3O2/c1-29(21(31)17-35-2)16-20-22-23(25(33)30(24(22)32)15-19-12-8-5-9-13-19)27(28-20,26(34)36-3)14-18-10-6-4-7-11-18;3-2(4,5)1(6)7/h4-13,20,22-23,28H,14-17H2,1-3H3;(H,6,7)/t20-,22+,23-,27-;/m1./s1. The third kappa shape index (κ3) is 7.38. The number of ether oxygens (including phenoxy) is 2. The summed E-state index contributed by atoms with van der Waals surface area (Å²) in [6, 6.07) is 17.9. The second-order valence-corrected chi connectivity index (χ2v) is 10.1. The van der Waals surface area contributed by atoms with Crippen LogP contribution < -0.4 is 5.32 Å². The first kappa shape index (κ1) is 33.2. The predicted octanol–water partition coefficient (Wildman–Crippen LogP) is 1.65. The van der Waals surface area contributed by atoms with Crippen LogP contribution in [-0.4, -0.2) is 96.7 Å². The van der Waals surface area contributed by atoms with E-state index in [0.29, 0.717) is 0 Å². The molecule has 0 radical (unpaired) electrons. The van der Waals surface area contributed by atoms with Gasteiger partial charge in [0.25, 0.3) is 0 Å². The molecule has 4 rings (SSSR count). The summed E-state index contributed by atoms with van der Waals surface area (Å²) in [5.74, 6) is -6.23. The Kier molecular flexibility index (Phi) is 10.6. The maximum absolute atomic E-state index is 13.9. The molecule has 0 unspecified atom stereocenters. The minimum atomic E-state index is -5.08. The lowest BCUT2D eigenvalue weighted by Gasteiger charge is -2.33. The van der Waals surface area contributed by atoms with Crippen LogP contribution in [0, 0.1) is 11.8 Å². The van der Waals surface area contributed by atoms with Crippen molar-refractivity contribution < 1.29 is 51.7 Å². The lowest BCUT2D eigenvalue weighted by atomic mass is 9.76. The lowest BCUT2D eigenvalue weighted by Crippen LogP contribution is -2.59. The van der Waals surface area contributed by atoms with E-state index < -0.39 is 47.4 Å². The van der Waals surface area contributed by atoms with Crippen molar-refractivity contribution in [2.24, 2.45) is 11.8 Å². The molecule has 0 aliphatic carbocycles. The third-order valence-electron chi connectivity index (χ3n) is 7.32. The van der Waals surface area contributed by atoms with Gasteiger partial charge in [-0.25, -0.2) is 4.79 Å². The summed E-state index contributed by atoms with van der Waals surface area (Å²) < 4.78 is 41.9. The fourth-order valence-corrected chi connectivity index (χ4v) is 5.42. The number of carbonyl (C=O) groups excluding carboxylic acids is 4. The molecule has 2 heterocycles. The van der Waals surface area contributed by atoms with E-state index in [4.69, 9.17) is 19.4 Å². The van der Waals surface area contributed by atoms with E-state index in [2.05, 4.69) is 5.32 Å². The van der Waals surface area contributed by atoms with Gasteiger partial charge < -0.3 is 19.5 Å². The number of esters is 1. The molecule has 4 atom stereocenters. The Bertz CT molecular complexity index is 1330. The number of carboxylic acids is 1. The molecule has 3 amide bonds. The number of amides is 3. The van der Waals surface area contributed by atoms with Crippen molar-refractivity contribution in [1.82, 2.24) is 15.1 Å². The molecule has 232 valence electrons. The second kappa shape index (κ2) is 13.8. The Hall–Kier alpha value is -4.30. The van der Waals surface area contributed by atoms with Crippen molar-refractivity contribution >= 4 is 29.7 Å². The van der Waals surface area contributed by atoms with Crippen LogP contribution >= 0.6 is 0 Å². The fraction of sp³-hybridized carbons (Fsp3) is 0.414. The number of aliphatic carboxylic acids is 1. The van der Waals surface area contributed by atoms with Crippen LogP contribution in [-0.2, 0) is 46.4 Å². The molecule has 14 heteroatoms. The van der Waals surface area contributed by atoms with E-state index >= 15 is 0 Å². The van der Waals surface area contributed by atoms with E-state index in [1.165, 1.54) is 24.0 Å². The molecule has 2 N–H and O–H groups in total. The summed E-state index contributed by atoms with van der Waals surface area (Å²) in [4.78, 5) is 65.0. The van der Waals surface area contributed by atoms with Gasteiger partial charge in [0.2, 0.25) is 17.7 Å². The van der Waals surface area contributed by atoms with E-state index in [1.54, 1.807) is 7.05 Å². The summed E-state index contributed by atoms with van der Waals surface area (Å²) >= 11 is 0. The van der Waals surface area contributed by atoms with Gasteiger partial charge in [-0.05, 0) is 11.1 Å². The molecule has 0 bridgehead atoms. The summed E-state index contributed by atoms with van der Waals surface area (Å²) in [6.07, 6.45) is -4.92. The number of hydrogen-bond donors (Lipinski definition) is 2. The van der Waals surface area contributed by atoms with Gasteiger partial charge in [-0.15, -0.1) is 0 Å². The van der Waals surface area contributed by atoms with Gasteiger partial charge in [0.1, 0.15) is 12.1 Å². The van der Waals surface area contributed by atoms with Crippen molar-refractivity contribution in [3.05, 3.63) is 71.8 Å². The zero-order valence-electron chi connectivity index (χ0n) is 23.7. The number of nitrogens with zero attached hydrogens (tertiary/aromatic N) is 2. The van der Waals surface area contributed by atoms with Crippen LogP contribution in [0.1, 0.15) is 11.1 Å². The monoisotopic (exact) mass is 607 g/mol. The van der Waals surface area contributed by atoms with Crippen LogP contribution in [0.25, 0.3) is 0 Å². The second-order valence-electron chi connectivity index (χ2n) is 10.1. The van der Waals surface area contributed by atoms with Gasteiger partial charge in [-0.1, -0.05) is 60.7 Å². The van der Waals surface area contributed by atoms with Crippen molar-refractivity contribution in [2.45, 2.75) is 30.7 Å². The van der Waals surface area contributed by atoms with Gasteiger partial charge in [-0.3, -0.25) is 29.4 Å². The number of benzene rings is 2. The number of alkyl halides is 3. The Morgan fingerprint density at radius 1 is 0.977 bits per heavy atom. The Labute approximate surface area is 245 Å². The summed E-state index contributed by atoms with van der Waals surface area (Å²) in [5, 5.41) is 10.4. The molecular formula is C29H32F3N3O8. The molecule has 11 nitrogen and oxygen atoms in total. The van der Waals surface area contributed by atoms with Crippen LogP contribution in [0.3, 0.4) is 0 Å². The van der Waals surface area contributed by atoms with E-state index in [1.807, 2.05) is 60.7 Å². The molecule has 0 saturated carbocycles. The number of hydrogen-bond acceptors (Lipinski definition) is 8. The molecule has 2 aliphatic heterocycles. The largest absolute Gasteiger partial charge is 0.490 e. The minimum Gasteiger partial charge on any atom is -0.475 e. The zero-order chi connectivity index (χ0) is 31.9. The SMILES string of the molecule is COCC(=O)N(C)C[C@H]1N[C@@](Cc2ccccc2)(C(=O)OC)[C@H]2C(=O)N(Cc3ccccc3)C(=O)[C@@H]12.O=C(O)C(F)(F)F. The maximum atomic E-state index is 13.9. The number of methoxy groups -OCH3 is 2. The Balaban J connectivity index is 0.000000646. The van der Waals surface area contributed by atoms with Crippen molar-refractivity contribution in [3.63, 3.8) is 0 Å². The maximum Gasteiger partial charge on any atom is 0.490 e. The molecule has 2 aromatic rings. The van der Waals surface area contributed by atoms with Gasteiger partial charge in [0.15, 0.2) is 0 Å². The van der Waals surface area contributed by atoms with Crippen LogP contribution in [0.2, 0.25) is 0 Å². The van der Waals surface area contributed by atoms with E-state index in [-0.39, 0.29) is 37.9 Å². The topological polar surface area (TPSA) is 143 Å². The number of nitrogens with one attached hydrogen (secondary N) is 1. The normalized spacial score (nSPS) is 22.8. The first-order valence-electron chi connectivity index (χ1n) is 13.1. The first-order valence-corrected chi connectivity index (χ1v) is 13.1. The zero-order valence-corrected chi connectivity index (χ0v) is 23.7. The summed E-state index contributed by atoms with van der Waals surface area (Å²) in [5.41, 5.74) is 0.164. The van der Waals surface area contributed by atoms with Crippen LogP contribution in [0.5, 0.6) is 0 Å². The summed E-state index contributed by atoms with van der Waals surface area (Å²) in [7, 11) is 4.31. The highest BCUT2D eigenvalue weighted by Gasteiger charge is 2.68. The molecular weight excluding hydrogens is 575 g/mol. The highest BCUT2D eigenvalue weighted by Crippen LogP contribution is 2.45. The average molecular weight is 608 g/mol. The molecule has 2 aromatic carbocycles. The van der Waals surface area contributed by atoms with Crippen molar-refractivity contribution in [1.29, 1.82) is 0 Å². The highest BCUT2D eigenvalue weighted by atomic mass is 19.4. The van der Waals surface area contributed by atoms with Crippen LogP contribution in [0.4, 0.5) is 13.2 Å². The van der Waals surface area contributed by atoms with Crippen molar-refractivity contribution in [2.75, 3.05) is 34.4 Å². The molecule has 2 aliphatic rings. The number of likely N-dealkylation sites (tertiary alicyclic amines) is 1. The number of rotatable bonds is 9. The Morgan fingerprint density at radius 3 is 2.00 bits per heavy atom. The first-order chi connectivity index (χ1) is 20.3. The Morgan fingerprint density at radius 2 is 1.51 bits per heavy atom. The molecule has 0 spiro atoms. The molecule has 43 heavy (non-hydrogen) atoms. The smallest absolute Gasteiger partial charge is 0.475 e. The van der Waals surface area contributed by atoms with E-state index in [0.717, 1.165) is 11.1 Å². The predicted molar refractivity (Wildman–Crippen MR) is 144 cm³/mol. The number of carboxylic acid groups (broad SMARTS) is 1. The quantitative estimate of drug-likeness (QED) is 0.322. The van der Waals surface area contributed by atoms with Gasteiger partial charge in [0.05, 0.1) is 25.5 Å². The third-order valence-corrected chi connectivity index (χ3v) is 7.32. The number of imide groups is 1. The van der Waals surface area contributed by atoms with Gasteiger partial charge in [0, 0.05) is 33.2 Å². The highest BCUT2D eigenvalue weighted by molar-refractivity contribution is 6.09. The lowest BCUT2D eigenvalue weighted by molar-refractivity contribution is -0.192. The summed E-state index contributed by atoms with van der Waals surface area (Å²) in [6.45, 7) is 0.116. The molecule has 0 aromatic heterocycles. The number of carbonyl (C=O) groups is 5. The van der Waals surface area contributed by atoms with Gasteiger partial charge >= 0.3 is 18.1 Å². The minimum absolute atomic E-state index is 0.110. The van der Waals surface area contributed by atoms with Crippen molar-refractivity contribution in [3.8, 4) is 0 Å². The fourth-order valence-electron chi connectivity index (χ4n) is 5.42. The molecule has 2 fully saturated rings. The number of likely N-dealkylation sites (N-methyl/N-ethyl adjacent to an activating group) is 1. The molecule has 2 saturated heterocycles. The van der Waals surface area contributed by atoms with E-state index in [9.17, 15) is 32.3 Å². The average Bonchev–Trinajstić information content (AvgIpc) is 3.42. The van der Waals surface area contributed by atoms with Crippen LogP contribution in [0.15, 0.2) is 60.7 Å². The number of fused-ring (bicyclic) bond motifs is 1. The van der Waals surface area contributed by atoms with Gasteiger partial charge in [-0.2, -0.15) is 13.2 Å². The number of halogens is 3.